The molecule has 0 aromatic heterocycles. The molecule has 0 bridgehead atoms. The predicted molar refractivity (Wildman–Crippen MR) is 57.6 cm³/mol. The maximum atomic E-state index is 12.1. The van der Waals surface area contributed by atoms with E-state index < -0.39 is 12.7 Å². The molecule has 1 aliphatic heterocycles. The van der Waals surface area contributed by atoms with Crippen LogP contribution in [0.4, 0.5) is 13.2 Å². The standard InChI is InChI=1S/C8H15F3N6/c9-8(10,11)5-16-1-3-17(4-2-16)7(14)15-6(12)13/h1-5H2,(H5,12,13,14,15). The lowest BCUT2D eigenvalue weighted by molar-refractivity contribution is -0.148. The van der Waals surface area contributed by atoms with Gasteiger partial charge in [-0.25, -0.2) is 0 Å². The van der Waals surface area contributed by atoms with E-state index in [2.05, 4.69) is 4.99 Å². The summed E-state index contributed by atoms with van der Waals surface area (Å²) in [6.45, 7) is 0.178. The van der Waals surface area contributed by atoms with Crippen LogP contribution in [0, 0.1) is 5.41 Å². The molecule has 0 saturated carbocycles. The summed E-state index contributed by atoms with van der Waals surface area (Å²) in [6, 6.07) is 0. The highest BCUT2D eigenvalue weighted by molar-refractivity contribution is 5.91. The lowest BCUT2D eigenvalue weighted by atomic mass is 10.3. The lowest BCUT2D eigenvalue weighted by Crippen LogP contribution is -2.50. The van der Waals surface area contributed by atoms with E-state index in [0.29, 0.717) is 13.1 Å². The zero-order chi connectivity index (χ0) is 13.1. The summed E-state index contributed by atoms with van der Waals surface area (Å²) in [5.74, 6) is -0.343. The lowest BCUT2D eigenvalue weighted by Gasteiger charge is -2.34. The molecule has 98 valence electrons. The average molecular weight is 252 g/mol. The Morgan fingerprint density at radius 3 is 2.12 bits per heavy atom. The van der Waals surface area contributed by atoms with Gasteiger partial charge in [0.1, 0.15) is 0 Å². The molecule has 0 amide bonds. The second-order valence-electron chi connectivity index (χ2n) is 3.74. The largest absolute Gasteiger partial charge is 0.401 e. The van der Waals surface area contributed by atoms with E-state index in [1.165, 1.54) is 9.80 Å². The van der Waals surface area contributed by atoms with Gasteiger partial charge in [-0.05, 0) is 0 Å². The molecule has 0 unspecified atom stereocenters. The van der Waals surface area contributed by atoms with Gasteiger partial charge in [0, 0.05) is 26.2 Å². The van der Waals surface area contributed by atoms with Gasteiger partial charge in [0.15, 0.2) is 5.96 Å². The third kappa shape index (κ3) is 4.89. The molecule has 9 heteroatoms. The van der Waals surface area contributed by atoms with Crippen molar-refractivity contribution in [1.82, 2.24) is 9.80 Å². The number of nitrogens with two attached hydrogens (primary N) is 2. The number of hydrogen-bond donors (Lipinski definition) is 3. The molecule has 1 rings (SSSR count). The van der Waals surface area contributed by atoms with Crippen LogP contribution in [0.5, 0.6) is 0 Å². The monoisotopic (exact) mass is 252 g/mol. The predicted octanol–water partition coefficient (Wildman–Crippen LogP) is -0.626. The Morgan fingerprint density at radius 1 is 1.18 bits per heavy atom. The molecule has 6 nitrogen and oxygen atoms in total. The number of piperazine rings is 1. The first kappa shape index (κ1) is 13.6. The summed E-state index contributed by atoms with van der Waals surface area (Å²) in [4.78, 5) is 6.37. The molecule has 17 heavy (non-hydrogen) atoms. The second kappa shape index (κ2) is 5.21. The van der Waals surface area contributed by atoms with Crippen LogP contribution < -0.4 is 11.5 Å². The highest BCUT2D eigenvalue weighted by atomic mass is 19.4. The Morgan fingerprint density at radius 2 is 1.71 bits per heavy atom. The van der Waals surface area contributed by atoms with Crippen LogP contribution in [0.2, 0.25) is 0 Å². The fraction of sp³-hybridized carbons (Fsp3) is 0.750. The first-order chi connectivity index (χ1) is 7.78. The third-order valence-electron chi connectivity index (χ3n) is 2.31. The second-order valence-corrected chi connectivity index (χ2v) is 3.74. The number of rotatable bonds is 1. The maximum Gasteiger partial charge on any atom is 0.401 e. The topological polar surface area (TPSA) is 94.7 Å². The van der Waals surface area contributed by atoms with E-state index >= 15 is 0 Å². The van der Waals surface area contributed by atoms with Gasteiger partial charge < -0.3 is 16.4 Å². The molecule has 1 saturated heterocycles. The van der Waals surface area contributed by atoms with Gasteiger partial charge in [-0.15, -0.1) is 0 Å². The molecule has 0 atom stereocenters. The van der Waals surface area contributed by atoms with Crippen LogP contribution in [0.1, 0.15) is 0 Å². The molecule has 0 spiro atoms. The molecule has 0 aromatic carbocycles. The van der Waals surface area contributed by atoms with Crippen LogP contribution >= 0.6 is 0 Å². The summed E-state index contributed by atoms with van der Waals surface area (Å²) in [5, 5.41) is 7.50. The van der Waals surface area contributed by atoms with Gasteiger partial charge in [-0.2, -0.15) is 18.2 Å². The Bertz CT molecular complexity index is 301. The highest BCUT2D eigenvalue weighted by Crippen LogP contribution is 2.17. The number of aliphatic imine (C=N–C) groups is 1. The van der Waals surface area contributed by atoms with Gasteiger partial charge in [-0.3, -0.25) is 10.3 Å². The van der Waals surface area contributed by atoms with Gasteiger partial charge in [-0.1, -0.05) is 0 Å². The summed E-state index contributed by atoms with van der Waals surface area (Å²) in [6.07, 6.45) is -4.19. The zero-order valence-electron chi connectivity index (χ0n) is 9.17. The quantitative estimate of drug-likeness (QED) is 0.428. The molecular weight excluding hydrogens is 237 g/mol. The highest BCUT2D eigenvalue weighted by Gasteiger charge is 2.32. The number of nitrogens with zero attached hydrogens (tertiary/aromatic N) is 3. The van der Waals surface area contributed by atoms with E-state index in [1.807, 2.05) is 0 Å². The van der Waals surface area contributed by atoms with E-state index in [-0.39, 0.29) is 25.0 Å². The van der Waals surface area contributed by atoms with E-state index in [9.17, 15) is 13.2 Å². The van der Waals surface area contributed by atoms with Crippen LogP contribution in [-0.2, 0) is 0 Å². The van der Waals surface area contributed by atoms with Gasteiger partial charge in [0.2, 0.25) is 5.96 Å². The smallest absolute Gasteiger partial charge is 0.370 e. The molecule has 1 aliphatic rings. The summed E-state index contributed by atoms with van der Waals surface area (Å²) >= 11 is 0. The van der Waals surface area contributed by atoms with Crippen molar-refractivity contribution in [3.8, 4) is 0 Å². The SMILES string of the molecule is N=C(N=C(N)N)N1CCN(CC(F)(F)F)CC1. The number of halogens is 3. The summed E-state index contributed by atoms with van der Waals surface area (Å²) < 4.78 is 36.3. The van der Waals surface area contributed by atoms with Crippen LogP contribution in [0.3, 0.4) is 0 Å². The molecular formula is C8H15F3N6. The Hall–Kier alpha value is -1.51. The first-order valence-electron chi connectivity index (χ1n) is 5.00. The average Bonchev–Trinajstić information content (AvgIpc) is 2.15. The Balaban J connectivity index is 2.41. The number of guanidine groups is 2. The van der Waals surface area contributed by atoms with Crippen molar-refractivity contribution in [3.63, 3.8) is 0 Å². The van der Waals surface area contributed by atoms with Crippen molar-refractivity contribution in [3.05, 3.63) is 0 Å². The van der Waals surface area contributed by atoms with Crippen molar-refractivity contribution in [2.75, 3.05) is 32.7 Å². The van der Waals surface area contributed by atoms with Gasteiger partial charge >= 0.3 is 6.18 Å². The number of nitrogens with one attached hydrogen (secondary N) is 1. The van der Waals surface area contributed by atoms with Crippen LogP contribution in [0.15, 0.2) is 4.99 Å². The number of alkyl halides is 3. The van der Waals surface area contributed by atoms with Gasteiger partial charge in [0.05, 0.1) is 6.54 Å². The minimum atomic E-state index is -4.19. The maximum absolute atomic E-state index is 12.1. The molecule has 1 fully saturated rings. The van der Waals surface area contributed by atoms with Crippen molar-refractivity contribution in [1.29, 1.82) is 5.41 Å². The van der Waals surface area contributed by atoms with E-state index in [4.69, 9.17) is 16.9 Å². The van der Waals surface area contributed by atoms with Crippen molar-refractivity contribution in [2.24, 2.45) is 16.5 Å². The fourth-order valence-electron chi connectivity index (χ4n) is 1.56. The van der Waals surface area contributed by atoms with Gasteiger partial charge in [0.25, 0.3) is 0 Å². The van der Waals surface area contributed by atoms with Crippen LogP contribution in [-0.4, -0.2) is 60.6 Å². The molecule has 0 aliphatic carbocycles. The fourth-order valence-corrected chi connectivity index (χ4v) is 1.56. The Kier molecular flexibility index (Phi) is 4.16. The van der Waals surface area contributed by atoms with E-state index in [1.54, 1.807) is 0 Å². The van der Waals surface area contributed by atoms with Crippen molar-refractivity contribution in [2.45, 2.75) is 6.18 Å². The van der Waals surface area contributed by atoms with Crippen molar-refractivity contribution < 1.29 is 13.2 Å². The zero-order valence-corrected chi connectivity index (χ0v) is 9.17. The van der Waals surface area contributed by atoms with E-state index in [0.717, 1.165) is 0 Å². The molecule has 1 heterocycles. The Labute approximate surface area is 96.6 Å². The van der Waals surface area contributed by atoms with Crippen LogP contribution in [0.25, 0.3) is 0 Å². The third-order valence-corrected chi connectivity index (χ3v) is 2.31. The first-order valence-corrected chi connectivity index (χ1v) is 5.00. The molecule has 5 N–H and O–H groups in total. The molecule has 0 aromatic rings. The summed E-state index contributed by atoms with van der Waals surface area (Å²) in [5.41, 5.74) is 10.2. The van der Waals surface area contributed by atoms with Crippen molar-refractivity contribution >= 4 is 11.9 Å². The summed E-state index contributed by atoms with van der Waals surface area (Å²) in [7, 11) is 0. The number of hydrogen-bond acceptors (Lipinski definition) is 2. The minimum absolute atomic E-state index is 0.114. The minimum Gasteiger partial charge on any atom is -0.370 e. The normalized spacial score (nSPS) is 17.9. The molecule has 0 radical (unpaired) electrons.